The molecule has 2 aliphatic rings. The standard InChI is InChI=1S/C16H24N2/c1-4-15-7-6-14(13-16(15)5-1)3-2-10-18-11-8-17-9-12-18/h6-7,13,17H,1-5,8-12H2. The van der Waals surface area contributed by atoms with E-state index in [1.807, 2.05) is 0 Å². The molecule has 1 saturated heterocycles. The largest absolute Gasteiger partial charge is 0.314 e. The molecule has 0 amide bonds. The normalized spacial score (nSPS) is 20.0. The van der Waals surface area contributed by atoms with E-state index in [2.05, 4.69) is 28.4 Å². The lowest BCUT2D eigenvalue weighted by Gasteiger charge is -2.27. The van der Waals surface area contributed by atoms with Crippen LogP contribution < -0.4 is 5.32 Å². The SMILES string of the molecule is c1cc2c(cc1CCCN1CCNCC1)CCC2. The average molecular weight is 244 g/mol. The fourth-order valence-corrected chi connectivity index (χ4v) is 3.22. The van der Waals surface area contributed by atoms with Crippen molar-refractivity contribution in [1.29, 1.82) is 0 Å². The van der Waals surface area contributed by atoms with Crippen LogP contribution in [0.1, 0.15) is 29.5 Å². The summed E-state index contributed by atoms with van der Waals surface area (Å²) < 4.78 is 0. The van der Waals surface area contributed by atoms with Crippen LogP contribution in [0.5, 0.6) is 0 Å². The molecule has 0 spiro atoms. The highest BCUT2D eigenvalue weighted by atomic mass is 15.2. The van der Waals surface area contributed by atoms with Crippen LogP contribution in [0.25, 0.3) is 0 Å². The lowest BCUT2D eigenvalue weighted by Crippen LogP contribution is -2.43. The van der Waals surface area contributed by atoms with Gasteiger partial charge in [0, 0.05) is 26.2 Å². The number of aryl methyl sites for hydroxylation is 3. The van der Waals surface area contributed by atoms with Crippen LogP contribution in [-0.4, -0.2) is 37.6 Å². The maximum absolute atomic E-state index is 3.41. The van der Waals surface area contributed by atoms with Crippen molar-refractivity contribution in [2.45, 2.75) is 32.1 Å². The van der Waals surface area contributed by atoms with E-state index < -0.39 is 0 Å². The molecule has 0 atom stereocenters. The lowest BCUT2D eigenvalue weighted by molar-refractivity contribution is 0.238. The van der Waals surface area contributed by atoms with Crippen molar-refractivity contribution < 1.29 is 0 Å². The van der Waals surface area contributed by atoms with Crippen molar-refractivity contribution in [3.05, 3.63) is 34.9 Å². The monoisotopic (exact) mass is 244 g/mol. The number of benzene rings is 1. The van der Waals surface area contributed by atoms with Gasteiger partial charge in [-0.25, -0.2) is 0 Å². The van der Waals surface area contributed by atoms with Crippen molar-refractivity contribution in [3.8, 4) is 0 Å². The van der Waals surface area contributed by atoms with E-state index in [0.29, 0.717) is 0 Å². The van der Waals surface area contributed by atoms with Crippen molar-refractivity contribution in [2.24, 2.45) is 0 Å². The summed E-state index contributed by atoms with van der Waals surface area (Å²) in [4.78, 5) is 2.59. The Bertz CT molecular complexity index is 394. The molecule has 1 aliphatic heterocycles. The summed E-state index contributed by atoms with van der Waals surface area (Å²) in [7, 11) is 0. The van der Waals surface area contributed by atoms with Gasteiger partial charge in [0.1, 0.15) is 0 Å². The summed E-state index contributed by atoms with van der Waals surface area (Å²) in [5.74, 6) is 0. The molecule has 3 rings (SSSR count). The number of hydrogen-bond donors (Lipinski definition) is 1. The minimum atomic E-state index is 1.17. The molecule has 0 bridgehead atoms. The Morgan fingerprint density at radius 2 is 1.89 bits per heavy atom. The molecule has 1 heterocycles. The molecule has 0 unspecified atom stereocenters. The van der Waals surface area contributed by atoms with Crippen LogP contribution in [0.4, 0.5) is 0 Å². The van der Waals surface area contributed by atoms with Crippen molar-refractivity contribution in [2.75, 3.05) is 32.7 Å². The van der Waals surface area contributed by atoms with E-state index in [0.717, 1.165) is 0 Å². The topological polar surface area (TPSA) is 15.3 Å². The smallest absolute Gasteiger partial charge is 0.0107 e. The highest BCUT2D eigenvalue weighted by molar-refractivity contribution is 5.35. The Hall–Kier alpha value is -0.860. The molecule has 1 N–H and O–H groups in total. The second-order valence-electron chi connectivity index (χ2n) is 5.65. The number of hydrogen-bond acceptors (Lipinski definition) is 2. The summed E-state index contributed by atoms with van der Waals surface area (Å²) in [6.45, 7) is 6.05. The maximum atomic E-state index is 3.41. The number of nitrogens with one attached hydrogen (secondary N) is 1. The zero-order valence-electron chi connectivity index (χ0n) is 11.3. The van der Waals surface area contributed by atoms with Gasteiger partial charge in [0.15, 0.2) is 0 Å². The van der Waals surface area contributed by atoms with Crippen molar-refractivity contribution in [1.82, 2.24) is 10.2 Å². The van der Waals surface area contributed by atoms with Gasteiger partial charge >= 0.3 is 0 Å². The van der Waals surface area contributed by atoms with Gasteiger partial charge in [0.2, 0.25) is 0 Å². The van der Waals surface area contributed by atoms with Gasteiger partial charge in [-0.1, -0.05) is 18.2 Å². The van der Waals surface area contributed by atoms with Crippen LogP contribution in [0.3, 0.4) is 0 Å². The third kappa shape index (κ3) is 2.93. The van der Waals surface area contributed by atoms with E-state index in [-0.39, 0.29) is 0 Å². The molecule has 1 aromatic rings. The van der Waals surface area contributed by atoms with Crippen molar-refractivity contribution in [3.63, 3.8) is 0 Å². The van der Waals surface area contributed by atoms with Gasteiger partial charge in [0.05, 0.1) is 0 Å². The first-order valence-electron chi connectivity index (χ1n) is 7.45. The van der Waals surface area contributed by atoms with Crippen molar-refractivity contribution >= 4 is 0 Å². The van der Waals surface area contributed by atoms with Crippen LogP contribution in [0.2, 0.25) is 0 Å². The summed E-state index contributed by atoms with van der Waals surface area (Å²) in [6.07, 6.45) is 6.52. The maximum Gasteiger partial charge on any atom is 0.0107 e. The second kappa shape index (κ2) is 5.85. The highest BCUT2D eigenvalue weighted by Gasteiger charge is 2.11. The number of fused-ring (bicyclic) bond motifs is 1. The molecule has 2 heteroatoms. The number of nitrogens with zero attached hydrogens (tertiary/aromatic N) is 1. The first-order chi connectivity index (χ1) is 8.92. The van der Waals surface area contributed by atoms with E-state index in [1.54, 1.807) is 16.7 Å². The Balaban J connectivity index is 1.48. The molecule has 98 valence electrons. The van der Waals surface area contributed by atoms with Gasteiger partial charge in [-0.2, -0.15) is 0 Å². The Labute approximate surface area is 110 Å². The number of piperazine rings is 1. The molecule has 0 saturated carbocycles. The molecule has 1 aliphatic carbocycles. The highest BCUT2D eigenvalue weighted by Crippen LogP contribution is 2.23. The summed E-state index contributed by atoms with van der Waals surface area (Å²) in [5, 5.41) is 3.41. The Morgan fingerprint density at radius 3 is 2.78 bits per heavy atom. The van der Waals surface area contributed by atoms with Crippen LogP contribution >= 0.6 is 0 Å². The zero-order chi connectivity index (χ0) is 12.2. The summed E-state index contributed by atoms with van der Waals surface area (Å²) in [5.41, 5.74) is 4.77. The predicted molar refractivity (Wildman–Crippen MR) is 76.1 cm³/mol. The molecule has 18 heavy (non-hydrogen) atoms. The first-order valence-corrected chi connectivity index (χ1v) is 7.45. The third-order valence-corrected chi connectivity index (χ3v) is 4.31. The van der Waals surface area contributed by atoms with Crippen LogP contribution in [0, 0.1) is 0 Å². The van der Waals surface area contributed by atoms with Crippen LogP contribution in [-0.2, 0) is 19.3 Å². The number of rotatable bonds is 4. The van der Waals surface area contributed by atoms with Gasteiger partial charge in [-0.05, 0) is 55.3 Å². The third-order valence-electron chi connectivity index (χ3n) is 4.31. The van der Waals surface area contributed by atoms with Gasteiger partial charge in [0.25, 0.3) is 0 Å². The molecule has 2 nitrogen and oxygen atoms in total. The fraction of sp³-hybridized carbons (Fsp3) is 0.625. The van der Waals surface area contributed by atoms with E-state index in [1.165, 1.54) is 64.8 Å². The van der Waals surface area contributed by atoms with E-state index >= 15 is 0 Å². The molecular formula is C16H24N2. The zero-order valence-corrected chi connectivity index (χ0v) is 11.3. The lowest BCUT2D eigenvalue weighted by atomic mass is 10.0. The Kier molecular flexibility index (Phi) is 3.96. The summed E-state index contributed by atoms with van der Waals surface area (Å²) in [6, 6.07) is 7.17. The molecule has 0 radical (unpaired) electrons. The second-order valence-corrected chi connectivity index (χ2v) is 5.65. The molecule has 1 aromatic carbocycles. The molecule has 1 fully saturated rings. The van der Waals surface area contributed by atoms with E-state index in [4.69, 9.17) is 0 Å². The van der Waals surface area contributed by atoms with Gasteiger partial charge in [-0.15, -0.1) is 0 Å². The quantitative estimate of drug-likeness (QED) is 0.871. The van der Waals surface area contributed by atoms with Gasteiger partial charge < -0.3 is 10.2 Å². The minimum Gasteiger partial charge on any atom is -0.314 e. The van der Waals surface area contributed by atoms with Crippen LogP contribution in [0.15, 0.2) is 18.2 Å². The molecule has 0 aromatic heterocycles. The minimum absolute atomic E-state index is 1.17. The van der Waals surface area contributed by atoms with Gasteiger partial charge in [-0.3, -0.25) is 0 Å². The Morgan fingerprint density at radius 1 is 1.06 bits per heavy atom. The molecular weight excluding hydrogens is 220 g/mol. The fourth-order valence-electron chi connectivity index (χ4n) is 3.22. The summed E-state index contributed by atoms with van der Waals surface area (Å²) >= 11 is 0. The predicted octanol–water partition coefficient (Wildman–Crippen LogP) is 2.01. The average Bonchev–Trinajstić information content (AvgIpc) is 2.87. The van der Waals surface area contributed by atoms with E-state index in [9.17, 15) is 0 Å². The first kappa shape index (κ1) is 12.2.